The fourth-order valence-corrected chi connectivity index (χ4v) is 1.51. The summed E-state index contributed by atoms with van der Waals surface area (Å²) in [5, 5.41) is 13.1. The average molecular weight is 209 g/mol. The van der Waals surface area contributed by atoms with Crippen LogP contribution in [0.25, 0.3) is 0 Å². The van der Waals surface area contributed by atoms with Crippen LogP contribution in [0.1, 0.15) is 25.0 Å². The van der Waals surface area contributed by atoms with Crippen LogP contribution in [0.4, 0.5) is 0 Å². The molecule has 84 valence electrons. The zero-order chi connectivity index (χ0) is 11.1. The van der Waals surface area contributed by atoms with Gasteiger partial charge in [0.1, 0.15) is 5.75 Å². The highest BCUT2D eigenvalue weighted by Crippen LogP contribution is 2.26. The van der Waals surface area contributed by atoms with Crippen LogP contribution in [-0.2, 0) is 0 Å². The Morgan fingerprint density at radius 1 is 1.40 bits per heavy atom. The molecule has 0 aliphatic heterocycles. The summed E-state index contributed by atoms with van der Waals surface area (Å²) in [6.45, 7) is 3.80. The molecule has 0 saturated heterocycles. The first kappa shape index (κ1) is 12.0. The molecule has 1 aromatic rings. The first-order valence-electron chi connectivity index (χ1n) is 5.31. The maximum Gasteiger partial charge on any atom is 0.124 e. The molecule has 3 heteroatoms. The average Bonchev–Trinajstić information content (AvgIpc) is 2.29. The van der Waals surface area contributed by atoms with E-state index in [1.165, 1.54) is 0 Å². The van der Waals surface area contributed by atoms with Crippen molar-refractivity contribution in [2.24, 2.45) is 0 Å². The molecule has 0 bridgehead atoms. The second kappa shape index (κ2) is 6.43. The fraction of sp³-hybridized carbons (Fsp3) is 0.500. The lowest BCUT2D eigenvalue weighted by Gasteiger charge is -2.14. The summed E-state index contributed by atoms with van der Waals surface area (Å²) in [6, 6.07) is 7.58. The van der Waals surface area contributed by atoms with E-state index in [1.54, 1.807) is 7.11 Å². The molecule has 3 nitrogen and oxygen atoms in total. The third-order valence-electron chi connectivity index (χ3n) is 2.34. The number of methoxy groups -OCH3 is 1. The van der Waals surface area contributed by atoms with Crippen molar-refractivity contribution in [3.63, 3.8) is 0 Å². The van der Waals surface area contributed by atoms with Gasteiger partial charge in [0.05, 0.1) is 13.2 Å². The molecule has 0 aliphatic carbocycles. The number of nitrogens with one attached hydrogen (secondary N) is 1. The van der Waals surface area contributed by atoms with Crippen molar-refractivity contribution in [1.29, 1.82) is 0 Å². The lowest BCUT2D eigenvalue weighted by Crippen LogP contribution is -2.16. The highest BCUT2D eigenvalue weighted by molar-refractivity contribution is 5.34. The molecule has 2 N–H and O–H groups in total. The minimum Gasteiger partial charge on any atom is -0.496 e. The standard InChI is InChI=1S/C12H19NO2/c1-3-13-9-8-11(14)10-6-4-5-7-12(10)15-2/h4-7,11,13-14H,3,8-9H2,1-2H3. The van der Waals surface area contributed by atoms with E-state index < -0.39 is 6.10 Å². The summed E-state index contributed by atoms with van der Waals surface area (Å²) < 4.78 is 5.19. The van der Waals surface area contributed by atoms with Crippen molar-refractivity contribution in [3.8, 4) is 5.75 Å². The van der Waals surface area contributed by atoms with Crippen LogP contribution in [0.15, 0.2) is 24.3 Å². The molecule has 1 atom stereocenters. The van der Waals surface area contributed by atoms with Crippen molar-refractivity contribution < 1.29 is 9.84 Å². The number of hydrogen-bond donors (Lipinski definition) is 2. The Morgan fingerprint density at radius 2 is 2.13 bits per heavy atom. The van der Waals surface area contributed by atoms with Crippen molar-refractivity contribution >= 4 is 0 Å². The Labute approximate surface area is 91.1 Å². The molecule has 0 fully saturated rings. The summed E-state index contributed by atoms with van der Waals surface area (Å²) in [7, 11) is 1.62. The summed E-state index contributed by atoms with van der Waals surface area (Å²) in [5.74, 6) is 0.751. The Hall–Kier alpha value is -1.06. The predicted molar refractivity (Wildman–Crippen MR) is 61.1 cm³/mol. The van der Waals surface area contributed by atoms with Gasteiger partial charge >= 0.3 is 0 Å². The summed E-state index contributed by atoms with van der Waals surface area (Å²) in [6.07, 6.45) is 0.244. The molecular formula is C12H19NO2. The second-order valence-corrected chi connectivity index (χ2v) is 3.40. The highest BCUT2D eigenvalue weighted by atomic mass is 16.5. The van der Waals surface area contributed by atoms with Crippen molar-refractivity contribution in [1.82, 2.24) is 5.32 Å². The number of aliphatic hydroxyl groups excluding tert-OH is 1. The van der Waals surface area contributed by atoms with Gasteiger partial charge < -0.3 is 15.2 Å². The van der Waals surface area contributed by atoms with Crippen LogP contribution in [0.3, 0.4) is 0 Å². The molecule has 15 heavy (non-hydrogen) atoms. The van der Waals surface area contributed by atoms with E-state index in [0.29, 0.717) is 6.42 Å². The van der Waals surface area contributed by atoms with Crippen LogP contribution < -0.4 is 10.1 Å². The second-order valence-electron chi connectivity index (χ2n) is 3.40. The van der Waals surface area contributed by atoms with Gasteiger partial charge in [0.2, 0.25) is 0 Å². The summed E-state index contributed by atoms with van der Waals surface area (Å²) in [5.41, 5.74) is 0.859. The van der Waals surface area contributed by atoms with Crippen LogP contribution in [0, 0.1) is 0 Å². The number of para-hydroxylation sites is 1. The Morgan fingerprint density at radius 3 is 2.80 bits per heavy atom. The van der Waals surface area contributed by atoms with E-state index >= 15 is 0 Å². The molecule has 0 amide bonds. The molecule has 0 spiro atoms. The minimum absolute atomic E-state index is 0.458. The maximum absolute atomic E-state index is 9.94. The van der Waals surface area contributed by atoms with E-state index in [1.807, 2.05) is 24.3 Å². The van der Waals surface area contributed by atoms with Crippen molar-refractivity contribution in [2.75, 3.05) is 20.2 Å². The molecule has 1 unspecified atom stereocenters. The number of benzene rings is 1. The maximum atomic E-state index is 9.94. The van der Waals surface area contributed by atoms with Crippen molar-refractivity contribution in [3.05, 3.63) is 29.8 Å². The fourth-order valence-electron chi connectivity index (χ4n) is 1.51. The minimum atomic E-state index is -0.458. The van der Waals surface area contributed by atoms with Gasteiger partial charge in [-0.3, -0.25) is 0 Å². The molecule has 1 aromatic carbocycles. The van der Waals surface area contributed by atoms with Crippen LogP contribution in [-0.4, -0.2) is 25.3 Å². The highest BCUT2D eigenvalue weighted by Gasteiger charge is 2.11. The lowest BCUT2D eigenvalue weighted by atomic mass is 10.1. The lowest BCUT2D eigenvalue weighted by molar-refractivity contribution is 0.163. The van der Waals surface area contributed by atoms with E-state index in [-0.39, 0.29) is 0 Å². The summed E-state index contributed by atoms with van der Waals surface area (Å²) >= 11 is 0. The van der Waals surface area contributed by atoms with Gasteiger partial charge in [0.15, 0.2) is 0 Å². The third kappa shape index (κ3) is 3.53. The smallest absolute Gasteiger partial charge is 0.124 e. The summed E-state index contributed by atoms with van der Waals surface area (Å²) in [4.78, 5) is 0. The van der Waals surface area contributed by atoms with Gasteiger partial charge in [0, 0.05) is 5.56 Å². The zero-order valence-electron chi connectivity index (χ0n) is 9.36. The molecule has 1 rings (SSSR count). The molecular weight excluding hydrogens is 190 g/mol. The van der Waals surface area contributed by atoms with E-state index in [0.717, 1.165) is 24.4 Å². The number of hydrogen-bond acceptors (Lipinski definition) is 3. The Bertz CT molecular complexity index is 289. The predicted octanol–water partition coefficient (Wildman–Crippen LogP) is 1.73. The molecule has 0 saturated carbocycles. The van der Waals surface area contributed by atoms with Crippen LogP contribution in [0.5, 0.6) is 5.75 Å². The third-order valence-corrected chi connectivity index (χ3v) is 2.34. The van der Waals surface area contributed by atoms with Gasteiger partial charge in [-0.15, -0.1) is 0 Å². The van der Waals surface area contributed by atoms with Crippen LogP contribution >= 0.6 is 0 Å². The van der Waals surface area contributed by atoms with E-state index in [9.17, 15) is 5.11 Å². The molecule has 0 heterocycles. The monoisotopic (exact) mass is 209 g/mol. The number of rotatable bonds is 6. The van der Waals surface area contributed by atoms with Gasteiger partial charge in [-0.25, -0.2) is 0 Å². The SMILES string of the molecule is CCNCCC(O)c1ccccc1OC. The first-order chi connectivity index (χ1) is 7.29. The van der Waals surface area contributed by atoms with E-state index in [2.05, 4.69) is 12.2 Å². The Kier molecular flexibility index (Phi) is 5.15. The molecule has 0 aliphatic rings. The van der Waals surface area contributed by atoms with Crippen LogP contribution in [0.2, 0.25) is 0 Å². The van der Waals surface area contributed by atoms with Gasteiger partial charge in [-0.1, -0.05) is 25.1 Å². The first-order valence-corrected chi connectivity index (χ1v) is 5.31. The largest absolute Gasteiger partial charge is 0.496 e. The normalized spacial score (nSPS) is 12.5. The zero-order valence-corrected chi connectivity index (χ0v) is 9.36. The van der Waals surface area contributed by atoms with E-state index in [4.69, 9.17) is 4.74 Å². The molecule has 0 radical (unpaired) electrons. The van der Waals surface area contributed by atoms with Gasteiger partial charge in [-0.2, -0.15) is 0 Å². The van der Waals surface area contributed by atoms with Crippen molar-refractivity contribution in [2.45, 2.75) is 19.4 Å². The Balaban J connectivity index is 2.59. The quantitative estimate of drug-likeness (QED) is 0.701. The molecule has 0 aromatic heterocycles. The van der Waals surface area contributed by atoms with Gasteiger partial charge in [0.25, 0.3) is 0 Å². The topological polar surface area (TPSA) is 41.5 Å². The van der Waals surface area contributed by atoms with Gasteiger partial charge in [-0.05, 0) is 25.6 Å². The number of aliphatic hydroxyl groups is 1. The number of ether oxygens (including phenoxy) is 1.